The maximum absolute atomic E-state index is 11.7. The predicted octanol–water partition coefficient (Wildman–Crippen LogP) is 14.8. The van der Waals surface area contributed by atoms with Crippen molar-refractivity contribution >= 4 is 30.7 Å². The van der Waals surface area contributed by atoms with Crippen LogP contribution in [-0.4, -0.2) is 57.3 Å². The number of carbonyl (C=O) groups excluding carboxylic acids is 1. The van der Waals surface area contributed by atoms with Crippen LogP contribution in [0.3, 0.4) is 0 Å². The van der Waals surface area contributed by atoms with Gasteiger partial charge >= 0.3 is 13.1 Å². The summed E-state index contributed by atoms with van der Waals surface area (Å²) in [7, 11) is -0.343. The first-order valence-corrected chi connectivity index (χ1v) is 27.3. The molecule has 1 aliphatic rings. The highest BCUT2D eigenvalue weighted by Crippen LogP contribution is 2.42. The molecule has 1 aromatic heterocycles. The minimum Gasteiger partial charge on any atom is -0.466 e. The molecule has 0 radical (unpaired) electrons. The molecule has 0 spiro atoms. The van der Waals surface area contributed by atoms with Gasteiger partial charge in [0.2, 0.25) is 0 Å². The van der Waals surface area contributed by atoms with Crippen LogP contribution in [0.25, 0.3) is 23.4 Å². The average molecular weight is 990 g/mol. The second-order valence-corrected chi connectivity index (χ2v) is 21.3. The first kappa shape index (κ1) is 58.8. The van der Waals surface area contributed by atoms with Crippen molar-refractivity contribution in [3.63, 3.8) is 0 Å². The predicted molar refractivity (Wildman–Crippen MR) is 306 cm³/mol. The molecule has 4 aromatic carbocycles. The summed E-state index contributed by atoms with van der Waals surface area (Å²) >= 11 is 0. The Morgan fingerprint density at radius 1 is 0.575 bits per heavy atom. The second kappa shape index (κ2) is 24.9. The molecule has 0 aliphatic carbocycles. The van der Waals surface area contributed by atoms with Crippen molar-refractivity contribution in [1.29, 1.82) is 0 Å². The molecule has 0 bridgehead atoms. The third-order valence-corrected chi connectivity index (χ3v) is 16.9. The van der Waals surface area contributed by atoms with Crippen LogP contribution in [-0.2, 0) is 36.1 Å². The molecule has 8 heteroatoms. The molecular formula is C65H88BNO6. The molecule has 6 rings (SSSR count). The minimum absolute atomic E-state index is 0.0605. The zero-order chi connectivity index (χ0) is 53.8. The van der Waals surface area contributed by atoms with Crippen LogP contribution in [0.5, 0.6) is 0 Å². The van der Waals surface area contributed by atoms with E-state index in [1.165, 1.54) is 33.4 Å². The number of benzene rings is 4. The highest BCUT2D eigenvalue weighted by Gasteiger charge is 2.51. The Labute approximate surface area is 441 Å². The SMILES string of the molecule is CCC(O)(/C=C/c1ccc(C(CC)(CC)c2ccc(B3OC(C)(C)C(C)(C)O3)cc2)cc1C)CC.CCOC(=O)Cc1ccc(-c2ccc(C(CC)(CC)c3ccc(/C=C/C(O)(CC)CC)c(C)c3)cc2)nc1. The van der Waals surface area contributed by atoms with E-state index in [4.69, 9.17) is 14.0 Å². The molecule has 392 valence electrons. The summed E-state index contributed by atoms with van der Waals surface area (Å²) in [4.78, 5) is 16.3. The van der Waals surface area contributed by atoms with Gasteiger partial charge in [0.1, 0.15) is 0 Å². The summed E-state index contributed by atoms with van der Waals surface area (Å²) in [5, 5.41) is 21.3. The number of aryl methyl sites for hydroxylation is 2. The fourth-order valence-corrected chi connectivity index (χ4v) is 10.2. The normalized spacial score (nSPS) is 14.9. The van der Waals surface area contributed by atoms with Gasteiger partial charge in [-0.05, 0) is 161 Å². The van der Waals surface area contributed by atoms with E-state index >= 15 is 0 Å². The van der Waals surface area contributed by atoms with Gasteiger partial charge in [0.05, 0.1) is 41.1 Å². The van der Waals surface area contributed by atoms with Crippen LogP contribution in [0.2, 0.25) is 0 Å². The van der Waals surface area contributed by atoms with Crippen molar-refractivity contribution in [3.05, 3.63) is 165 Å². The van der Waals surface area contributed by atoms with E-state index in [0.717, 1.165) is 59.1 Å². The summed E-state index contributed by atoms with van der Waals surface area (Å²) in [5.74, 6) is -0.232. The number of rotatable bonds is 21. The number of ether oxygens (including phenoxy) is 1. The third-order valence-electron chi connectivity index (χ3n) is 16.9. The van der Waals surface area contributed by atoms with Gasteiger partial charge in [-0.3, -0.25) is 9.78 Å². The smallest absolute Gasteiger partial charge is 0.466 e. The number of pyridine rings is 1. The number of hydrogen-bond acceptors (Lipinski definition) is 7. The van der Waals surface area contributed by atoms with Gasteiger partial charge in [0.15, 0.2) is 0 Å². The van der Waals surface area contributed by atoms with Gasteiger partial charge in [-0.15, -0.1) is 0 Å². The molecule has 1 saturated heterocycles. The summed E-state index contributed by atoms with van der Waals surface area (Å²) in [6.07, 6.45) is 16.9. The molecule has 0 unspecified atom stereocenters. The lowest BCUT2D eigenvalue weighted by atomic mass is 9.69. The molecule has 5 aromatic rings. The van der Waals surface area contributed by atoms with E-state index in [-0.39, 0.29) is 41.5 Å². The average Bonchev–Trinajstić information content (AvgIpc) is 3.62. The number of esters is 1. The lowest BCUT2D eigenvalue weighted by Crippen LogP contribution is -2.41. The molecule has 73 heavy (non-hydrogen) atoms. The fraction of sp³-hybridized carbons (Fsp3) is 0.477. The van der Waals surface area contributed by atoms with Crippen LogP contribution >= 0.6 is 0 Å². The van der Waals surface area contributed by atoms with E-state index < -0.39 is 11.2 Å². The summed E-state index contributed by atoms with van der Waals surface area (Å²) in [5.41, 5.74) is 11.5. The zero-order valence-electron chi connectivity index (χ0n) is 47.2. The molecule has 7 nitrogen and oxygen atoms in total. The minimum atomic E-state index is -0.750. The van der Waals surface area contributed by atoms with E-state index in [1.54, 1.807) is 6.20 Å². The second-order valence-electron chi connectivity index (χ2n) is 21.3. The van der Waals surface area contributed by atoms with Crippen molar-refractivity contribution in [2.24, 2.45) is 0 Å². The number of hydrogen-bond donors (Lipinski definition) is 2. The van der Waals surface area contributed by atoms with Gasteiger partial charge in [0, 0.05) is 22.6 Å². The fourth-order valence-electron chi connectivity index (χ4n) is 10.2. The summed E-state index contributed by atoms with van der Waals surface area (Å²) in [6.45, 7) is 32.0. The molecule has 0 saturated carbocycles. The van der Waals surface area contributed by atoms with E-state index in [9.17, 15) is 15.0 Å². The topological polar surface area (TPSA) is 98.1 Å². The Bertz CT molecular complexity index is 2600. The molecular weight excluding hydrogens is 902 g/mol. The molecule has 2 heterocycles. The largest absolute Gasteiger partial charge is 0.494 e. The van der Waals surface area contributed by atoms with Gasteiger partial charge in [-0.1, -0.05) is 171 Å². The number of nitrogens with zero attached hydrogens (tertiary/aromatic N) is 1. The standard InChI is InChI=1S/C34H43NO3.C31H45BO3/c1-7-33(37,8-2)21-20-27-13-18-30(22-25(27)6)34(9-3,10-4)29-16-14-28(15-17-29)31-19-12-26(24-35-31)23-32(36)38-11-5;1-10-30(33,11-2)21-20-24-14-15-26(22-23(24)5)31(12-3,13-4)25-16-18-27(19-17-25)32-34-28(6,7)29(8,9)35-32/h12-22,24,37H,7-11,23H2,1-6H3;14-22,33H,10-13H2,1-9H3/b2*21-20+. The Kier molecular flexibility index (Phi) is 20.1. The van der Waals surface area contributed by atoms with Crippen molar-refractivity contribution < 1.29 is 29.1 Å². The van der Waals surface area contributed by atoms with Crippen molar-refractivity contribution in [3.8, 4) is 11.3 Å². The van der Waals surface area contributed by atoms with E-state index in [2.05, 4.69) is 171 Å². The Morgan fingerprint density at radius 2 is 0.986 bits per heavy atom. The van der Waals surface area contributed by atoms with E-state index in [0.29, 0.717) is 32.3 Å². The highest BCUT2D eigenvalue weighted by atomic mass is 16.7. The summed E-state index contributed by atoms with van der Waals surface area (Å²) < 4.78 is 17.5. The molecule has 1 fully saturated rings. The van der Waals surface area contributed by atoms with Crippen LogP contribution in [0, 0.1) is 13.8 Å². The molecule has 1 aliphatic heterocycles. The maximum Gasteiger partial charge on any atom is 0.494 e. The Balaban J connectivity index is 0.000000272. The van der Waals surface area contributed by atoms with Crippen molar-refractivity contribution in [2.45, 2.75) is 195 Å². The van der Waals surface area contributed by atoms with Crippen molar-refractivity contribution in [1.82, 2.24) is 4.98 Å². The maximum atomic E-state index is 11.7. The quantitative estimate of drug-likeness (QED) is 0.0558. The Morgan fingerprint density at radius 3 is 1.34 bits per heavy atom. The third kappa shape index (κ3) is 13.4. The number of carbonyl (C=O) groups is 1. The van der Waals surface area contributed by atoms with Crippen LogP contribution in [0.4, 0.5) is 0 Å². The van der Waals surface area contributed by atoms with Crippen LogP contribution in [0.15, 0.2) is 115 Å². The molecule has 0 amide bonds. The Hall–Kier alpha value is -5.12. The molecule has 2 N–H and O–H groups in total. The number of aliphatic hydroxyl groups is 2. The monoisotopic (exact) mass is 990 g/mol. The molecule has 0 atom stereocenters. The van der Waals surface area contributed by atoms with Gasteiger partial charge < -0.3 is 24.3 Å². The van der Waals surface area contributed by atoms with Gasteiger partial charge in [-0.25, -0.2) is 0 Å². The van der Waals surface area contributed by atoms with Crippen LogP contribution < -0.4 is 5.46 Å². The first-order valence-electron chi connectivity index (χ1n) is 27.3. The van der Waals surface area contributed by atoms with E-state index in [1.807, 2.05) is 58.9 Å². The highest BCUT2D eigenvalue weighted by molar-refractivity contribution is 6.62. The van der Waals surface area contributed by atoms with Crippen LogP contribution in [0.1, 0.15) is 191 Å². The first-order chi connectivity index (χ1) is 34.6. The van der Waals surface area contributed by atoms with Gasteiger partial charge in [0.25, 0.3) is 0 Å². The lowest BCUT2D eigenvalue weighted by Gasteiger charge is -2.34. The summed E-state index contributed by atoms with van der Waals surface area (Å²) in [6, 6.07) is 35.0. The lowest BCUT2D eigenvalue weighted by molar-refractivity contribution is -0.142. The van der Waals surface area contributed by atoms with Crippen molar-refractivity contribution in [2.75, 3.05) is 6.61 Å². The van der Waals surface area contributed by atoms with Gasteiger partial charge in [-0.2, -0.15) is 0 Å². The number of aromatic nitrogens is 1. The zero-order valence-corrected chi connectivity index (χ0v) is 47.2.